The van der Waals surface area contributed by atoms with Crippen molar-refractivity contribution in [2.75, 3.05) is 13.2 Å². The lowest BCUT2D eigenvalue weighted by Gasteiger charge is -2.38. The second kappa shape index (κ2) is 6.76. The highest BCUT2D eigenvalue weighted by Crippen LogP contribution is 2.30. The standard InChI is InChI=1S/C14H19Cl2NO/c15-13-6-2-7-14(16)12(13)10-17(8-3-9-18)11-4-1-5-11/h2,6-7,11,18H,1,3-5,8-10H2. The average molecular weight is 288 g/mol. The Labute approximate surface area is 119 Å². The molecule has 0 aliphatic heterocycles. The third-order valence-corrected chi connectivity index (χ3v) is 4.33. The molecule has 0 unspecified atom stereocenters. The fourth-order valence-electron chi connectivity index (χ4n) is 2.30. The minimum absolute atomic E-state index is 0.236. The Hall–Kier alpha value is -0.280. The molecule has 0 heterocycles. The van der Waals surface area contributed by atoms with Crippen LogP contribution in [0.1, 0.15) is 31.2 Å². The van der Waals surface area contributed by atoms with Gasteiger partial charge in [0, 0.05) is 41.3 Å². The Kier molecular flexibility index (Phi) is 5.31. The number of aliphatic hydroxyl groups excluding tert-OH is 1. The highest BCUT2D eigenvalue weighted by Gasteiger charge is 2.25. The maximum Gasteiger partial charge on any atom is 0.0465 e. The van der Waals surface area contributed by atoms with Crippen LogP contribution in [0.4, 0.5) is 0 Å². The second-order valence-electron chi connectivity index (χ2n) is 4.83. The summed E-state index contributed by atoms with van der Waals surface area (Å²) >= 11 is 12.4. The zero-order chi connectivity index (χ0) is 13.0. The van der Waals surface area contributed by atoms with Crippen molar-refractivity contribution in [3.05, 3.63) is 33.8 Å². The lowest BCUT2D eigenvalue weighted by molar-refractivity contribution is 0.109. The van der Waals surface area contributed by atoms with Gasteiger partial charge in [-0.2, -0.15) is 0 Å². The SMILES string of the molecule is OCCCN(Cc1c(Cl)cccc1Cl)C1CCC1. The predicted octanol–water partition coefficient (Wildman–Crippen LogP) is 3.73. The van der Waals surface area contributed by atoms with Crippen LogP contribution in [0.15, 0.2) is 18.2 Å². The number of benzene rings is 1. The molecule has 0 radical (unpaired) electrons. The van der Waals surface area contributed by atoms with Crippen molar-refractivity contribution in [1.82, 2.24) is 4.90 Å². The molecule has 18 heavy (non-hydrogen) atoms. The molecule has 1 aromatic carbocycles. The first kappa shape index (κ1) is 14.1. The van der Waals surface area contributed by atoms with Crippen LogP contribution in [0.3, 0.4) is 0 Å². The van der Waals surface area contributed by atoms with Crippen LogP contribution >= 0.6 is 23.2 Å². The summed E-state index contributed by atoms with van der Waals surface area (Å²) in [6, 6.07) is 6.26. The normalized spacial score (nSPS) is 16.0. The van der Waals surface area contributed by atoms with Gasteiger partial charge in [0.15, 0.2) is 0 Å². The molecule has 1 saturated carbocycles. The molecule has 1 fully saturated rings. The highest BCUT2D eigenvalue weighted by atomic mass is 35.5. The number of halogens is 2. The molecule has 0 saturated heterocycles. The van der Waals surface area contributed by atoms with Gasteiger partial charge in [-0.1, -0.05) is 35.7 Å². The monoisotopic (exact) mass is 287 g/mol. The molecular formula is C14H19Cl2NO. The van der Waals surface area contributed by atoms with Crippen molar-refractivity contribution in [3.8, 4) is 0 Å². The van der Waals surface area contributed by atoms with Gasteiger partial charge in [-0.15, -0.1) is 0 Å². The molecule has 100 valence electrons. The van der Waals surface area contributed by atoms with Crippen LogP contribution < -0.4 is 0 Å². The summed E-state index contributed by atoms with van der Waals surface area (Å²) in [7, 11) is 0. The Morgan fingerprint density at radius 1 is 1.22 bits per heavy atom. The first-order valence-electron chi connectivity index (χ1n) is 6.50. The van der Waals surface area contributed by atoms with E-state index in [-0.39, 0.29) is 6.61 Å². The molecule has 1 aliphatic rings. The van der Waals surface area contributed by atoms with Crippen LogP contribution in [0, 0.1) is 0 Å². The number of hydrogen-bond donors (Lipinski definition) is 1. The molecule has 1 N–H and O–H groups in total. The van der Waals surface area contributed by atoms with Crippen LogP contribution in [0.25, 0.3) is 0 Å². The maximum absolute atomic E-state index is 8.98. The number of rotatable bonds is 6. The summed E-state index contributed by atoms with van der Waals surface area (Å²) in [5.41, 5.74) is 1.01. The van der Waals surface area contributed by atoms with Crippen molar-refractivity contribution in [2.24, 2.45) is 0 Å². The largest absolute Gasteiger partial charge is 0.396 e. The van der Waals surface area contributed by atoms with Crippen LogP contribution in [0.2, 0.25) is 10.0 Å². The van der Waals surface area contributed by atoms with E-state index in [0.29, 0.717) is 6.04 Å². The smallest absolute Gasteiger partial charge is 0.0465 e. The van der Waals surface area contributed by atoms with E-state index in [0.717, 1.165) is 35.1 Å². The van der Waals surface area contributed by atoms with Gasteiger partial charge in [0.05, 0.1) is 0 Å². The van der Waals surface area contributed by atoms with Gasteiger partial charge in [0.1, 0.15) is 0 Å². The average Bonchev–Trinajstić information content (AvgIpc) is 2.28. The maximum atomic E-state index is 8.98. The van der Waals surface area contributed by atoms with Crippen molar-refractivity contribution in [2.45, 2.75) is 38.3 Å². The van der Waals surface area contributed by atoms with Crippen LogP contribution in [-0.4, -0.2) is 29.2 Å². The highest BCUT2D eigenvalue weighted by molar-refractivity contribution is 6.35. The van der Waals surface area contributed by atoms with Gasteiger partial charge in [0.2, 0.25) is 0 Å². The van der Waals surface area contributed by atoms with Gasteiger partial charge in [-0.25, -0.2) is 0 Å². The summed E-state index contributed by atoms with van der Waals surface area (Å²) < 4.78 is 0. The lowest BCUT2D eigenvalue weighted by atomic mass is 9.91. The van der Waals surface area contributed by atoms with E-state index in [1.54, 1.807) is 0 Å². The molecule has 4 heteroatoms. The first-order chi connectivity index (χ1) is 8.72. The molecule has 0 bridgehead atoms. The van der Waals surface area contributed by atoms with E-state index in [2.05, 4.69) is 4.90 Å². The van der Waals surface area contributed by atoms with E-state index in [1.807, 2.05) is 18.2 Å². The first-order valence-corrected chi connectivity index (χ1v) is 7.25. The Morgan fingerprint density at radius 2 is 1.89 bits per heavy atom. The topological polar surface area (TPSA) is 23.5 Å². The molecule has 1 aliphatic carbocycles. The van der Waals surface area contributed by atoms with Crippen molar-refractivity contribution in [1.29, 1.82) is 0 Å². The minimum atomic E-state index is 0.236. The van der Waals surface area contributed by atoms with Crippen molar-refractivity contribution < 1.29 is 5.11 Å². The van der Waals surface area contributed by atoms with E-state index >= 15 is 0 Å². The summed E-state index contributed by atoms with van der Waals surface area (Å²) in [6.07, 6.45) is 4.59. The lowest BCUT2D eigenvalue weighted by Crippen LogP contribution is -2.40. The number of hydrogen-bond acceptors (Lipinski definition) is 2. The van der Waals surface area contributed by atoms with E-state index in [4.69, 9.17) is 28.3 Å². The number of aliphatic hydroxyl groups is 1. The van der Waals surface area contributed by atoms with E-state index < -0.39 is 0 Å². The molecule has 0 atom stereocenters. The predicted molar refractivity (Wildman–Crippen MR) is 76.2 cm³/mol. The molecular weight excluding hydrogens is 269 g/mol. The van der Waals surface area contributed by atoms with Gasteiger partial charge < -0.3 is 5.11 Å². The van der Waals surface area contributed by atoms with Gasteiger partial charge in [0.25, 0.3) is 0 Å². The minimum Gasteiger partial charge on any atom is -0.396 e. The zero-order valence-corrected chi connectivity index (χ0v) is 11.9. The van der Waals surface area contributed by atoms with Gasteiger partial charge >= 0.3 is 0 Å². The molecule has 0 amide bonds. The summed E-state index contributed by atoms with van der Waals surface area (Å²) in [5.74, 6) is 0. The third kappa shape index (κ3) is 3.39. The third-order valence-electron chi connectivity index (χ3n) is 3.62. The molecule has 2 rings (SSSR count). The van der Waals surface area contributed by atoms with E-state index in [9.17, 15) is 0 Å². The van der Waals surface area contributed by atoms with Gasteiger partial charge in [-0.3, -0.25) is 4.90 Å². The quantitative estimate of drug-likeness (QED) is 0.862. The van der Waals surface area contributed by atoms with Crippen LogP contribution in [0.5, 0.6) is 0 Å². The Morgan fingerprint density at radius 3 is 2.39 bits per heavy atom. The molecule has 2 nitrogen and oxygen atoms in total. The van der Waals surface area contributed by atoms with Crippen molar-refractivity contribution in [3.63, 3.8) is 0 Å². The molecule has 1 aromatic rings. The summed E-state index contributed by atoms with van der Waals surface area (Å²) in [4.78, 5) is 2.40. The fraction of sp³-hybridized carbons (Fsp3) is 0.571. The Balaban J connectivity index is 2.07. The summed E-state index contributed by atoms with van der Waals surface area (Å²) in [6.45, 7) is 1.92. The summed E-state index contributed by atoms with van der Waals surface area (Å²) in [5, 5.41) is 10.4. The van der Waals surface area contributed by atoms with E-state index in [1.165, 1.54) is 19.3 Å². The zero-order valence-electron chi connectivity index (χ0n) is 10.4. The second-order valence-corrected chi connectivity index (χ2v) is 5.65. The van der Waals surface area contributed by atoms with Crippen molar-refractivity contribution >= 4 is 23.2 Å². The molecule has 0 spiro atoms. The number of nitrogens with zero attached hydrogens (tertiary/aromatic N) is 1. The van der Waals surface area contributed by atoms with Crippen LogP contribution in [-0.2, 0) is 6.54 Å². The Bertz CT molecular complexity index is 373. The fourth-order valence-corrected chi connectivity index (χ4v) is 2.82. The molecule has 0 aromatic heterocycles. The van der Waals surface area contributed by atoms with Gasteiger partial charge in [-0.05, 0) is 31.4 Å².